The lowest BCUT2D eigenvalue weighted by molar-refractivity contribution is -0.127. The topological polar surface area (TPSA) is 116 Å². The van der Waals surface area contributed by atoms with E-state index in [4.69, 9.17) is 16.6 Å². The van der Waals surface area contributed by atoms with Gasteiger partial charge in [0.1, 0.15) is 10.5 Å². The van der Waals surface area contributed by atoms with Gasteiger partial charge in [0.05, 0.1) is 26.9 Å². The molecule has 1 saturated heterocycles. The van der Waals surface area contributed by atoms with Gasteiger partial charge in [0, 0.05) is 54.8 Å². The Morgan fingerprint density at radius 2 is 1.88 bits per heavy atom. The molecule has 2 atom stereocenters. The minimum atomic E-state index is -3.04. The molecule has 2 aromatic heterocycles. The third-order valence-corrected chi connectivity index (χ3v) is 11.2. The molecular weight excluding hydrogens is 566 g/mol. The molecule has 0 bridgehead atoms. The number of thiazole rings is 1. The molecule has 3 aromatic rings. The van der Waals surface area contributed by atoms with E-state index < -0.39 is 15.4 Å². The standard InChI is InChI=1S/C29H30ClN5O3S2/c1-40(37,38)22-15-35(16-22)21-8-6-18(7-9-21)26-25(33-28(39-26)19-12-20(30)14-32-13-19)23-4-2-3-5-24(23)27(36)34-29(17-31)10-11-29/h6-9,12-14,22-24H,2-5,10-11,15-16H2,1H3,(H,34,36)/t23-,24-/m1/s1. The molecule has 1 N–H and O–H groups in total. The van der Waals surface area contributed by atoms with Crippen molar-refractivity contribution < 1.29 is 13.2 Å². The van der Waals surface area contributed by atoms with Crippen molar-refractivity contribution in [3.05, 3.63) is 53.4 Å². The summed E-state index contributed by atoms with van der Waals surface area (Å²) >= 11 is 7.81. The molecule has 0 unspecified atom stereocenters. The van der Waals surface area contributed by atoms with E-state index in [1.807, 2.05) is 30.3 Å². The fraction of sp³-hybridized carbons (Fsp3) is 0.448. The third kappa shape index (κ3) is 5.35. The number of aromatic nitrogens is 2. The van der Waals surface area contributed by atoms with Crippen molar-refractivity contribution in [2.24, 2.45) is 5.92 Å². The fourth-order valence-electron chi connectivity index (χ4n) is 5.68. The van der Waals surface area contributed by atoms with Crippen LogP contribution in [0.2, 0.25) is 5.02 Å². The van der Waals surface area contributed by atoms with Crippen LogP contribution in [0.4, 0.5) is 5.69 Å². The minimum absolute atomic E-state index is 0.0535. The molecule has 11 heteroatoms. The molecule has 1 aromatic carbocycles. The van der Waals surface area contributed by atoms with E-state index in [2.05, 4.69) is 21.3 Å². The Labute approximate surface area is 243 Å². The lowest BCUT2D eigenvalue weighted by Gasteiger charge is -2.39. The predicted molar refractivity (Wildman–Crippen MR) is 157 cm³/mol. The monoisotopic (exact) mass is 595 g/mol. The highest BCUT2D eigenvalue weighted by Crippen LogP contribution is 2.47. The largest absolute Gasteiger partial charge is 0.369 e. The first-order valence-corrected chi connectivity index (χ1v) is 16.7. The number of amides is 1. The van der Waals surface area contributed by atoms with E-state index in [-0.39, 0.29) is 23.0 Å². The number of carbonyl (C=O) groups excluding carboxylic acids is 1. The van der Waals surface area contributed by atoms with Crippen LogP contribution in [0.1, 0.15) is 50.1 Å². The second kappa shape index (κ2) is 10.4. The van der Waals surface area contributed by atoms with Crippen LogP contribution in [0.5, 0.6) is 0 Å². The molecule has 3 aliphatic rings. The number of pyridine rings is 1. The second-order valence-electron chi connectivity index (χ2n) is 11.2. The Morgan fingerprint density at radius 1 is 1.15 bits per heavy atom. The van der Waals surface area contributed by atoms with Gasteiger partial charge in [-0.3, -0.25) is 9.78 Å². The number of hydrogen-bond donors (Lipinski definition) is 1. The van der Waals surface area contributed by atoms with Gasteiger partial charge in [0.2, 0.25) is 5.91 Å². The Kier molecular flexibility index (Phi) is 7.09. The molecule has 0 spiro atoms. The zero-order chi connectivity index (χ0) is 28.1. The van der Waals surface area contributed by atoms with Crippen LogP contribution in [0.3, 0.4) is 0 Å². The van der Waals surface area contributed by atoms with Crippen molar-refractivity contribution in [3.63, 3.8) is 0 Å². The molecule has 1 aliphatic heterocycles. The van der Waals surface area contributed by atoms with Crippen LogP contribution in [0, 0.1) is 17.2 Å². The average Bonchev–Trinajstić information content (AvgIpc) is 3.54. The highest BCUT2D eigenvalue weighted by Gasteiger charge is 2.47. The van der Waals surface area contributed by atoms with Crippen LogP contribution in [-0.2, 0) is 14.6 Å². The quantitative estimate of drug-likeness (QED) is 0.399. The fourth-order valence-corrected chi connectivity index (χ4v) is 7.87. The van der Waals surface area contributed by atoms with Gasteiger partial charge in [-0.1, -0.05) is 36.6 Å². The zero-order valence-corrected chi connectivity index (χ0v) is 24.5. The number of nitrogens with one attached hydrogen (secondary N) is 1. The van der Waals surface area contributed by atoms with Crippen LogP contribution in [0.25, 0.3) is 21.0 Å². The van der Waals surface area contributed by atoms with Gasteiger partial charge >= 0.3 is 0 Å². The van der Waals surface area contributed by atoms with E-state index in [0.29, 0.717) is 31.0 Å². The van der Waals surface area contributed by atoms with Crippen LogP contribution < -0.4 is 10.2 Å². The maximum Gasteiger partial charge on any atom is 0.225 e. The number of anilines is 1. The van der Waals surface area contributed by atoms with Gasteiger partial charge in [-0.2, -0.15) is 5.26 Å². The number of nitrogens with zero attached hydrogens (tertiary/aromatic N) is 4. The molecule has 2 saturated carbocycles. The maximum absolute atomic E-state index is 13.5. The Hall–Kier alpha value is -3.00. The molecule has 1 amide bonds. The number of carbonyl (C=O) groups is 1. The van der Waals surface area contributed by atoms with Gasteiger partial charge in [-0.25, -0.2) is 13.4 Å². The van der Waals surface area contributed by atoms with Crippen molar-refractivity contribution >= 4 is 44.4 Å². The van der Waals surface area contributed by atoms with Gasteiger partial charge in [0.25, 0.3) is 0 Å². The summed E-state index contributed by atoms with van der Waals surface area (Å²) in [5, 5.41) is 13.6. The molecule has 3 heterocycles. The molecular formula is C29H30ClN5O3S2. The summed E-state index contributed by atoms with van der Waals surface area (Å²) in [6, 6.07) is 12.3. The highest BCUT2D eigenvalue weighted by molar-refractivity contribution is 7.91. The molecule has 8 nitrogen and oxygen atoms in total. The first kappa shape index (κ1) is 27.2. The smallest absolute Gasteiger partial charge is 0.225 e. The van der Waals surface area contributed by atoms with E-state index >= 15 is 0 Å². The third-order valence-electron chi connectivity index (χ3n) is 8.33. The van der Waals surface area contributed by atoms with Crippen molar-refractivity contribution in [2.45, 2.75) is 55.2 Å². The highest BCUT2D eigenvalue weighted by atomic mass is 35.5. The molecule has 2 aliphatic carbocycles. The summed E-state index contributed by atoms with van der Waals surface area (Å²) in [4.78, 5) is 25.9. The summed E-state index contributed by atoms with van der Waals surface area (Å²) < 4.78 is 23.7. The van der Waals surface area contributed by atoms with Crippen molar-refractivity contribution in [3.8, 4) is 27.1 Å². The van der Waals surface area contributed by atoms with Crippen LogP contribution >= 0.6 is 22.9 Å². The average molecular weight is 596 g/mol. The number of benzene rings is 1. The summed E-state index contributed by atoms with van der Waals surface area (Å²) in [5.74, 6) is -0.373. The Bertz CT molecular complexity index is 1590. The first-order chi connectivity index (χ1) is 19.2. The van der Waals surface area contributed by atoms with E-state index in [0.717, 1.165) is 58.1 Å². The molecule has 3 fully saturated rings. The minimum Gasteiger partial charge on any atom is -0.369 e. The Morgan fingerprint density at radius 3 is 2.52 bits per heavy atom. The predicted octanol–water partition coefficient (Wildman–Crippen LogP) is 5.20. The van der Waals surface area contributed by atoms with Gasteiger partial charge in [0.15, 0.2) is 9.84 Å². The van der Waals surface area contributed by atoms with Crippen LogP contribution in [-0.4, -0.2) is 54.4 Å². The second-order valence-corrected chi connectivity index (χ2v) is 15.0. The number of sulfone groups is 1. The summed E-state index contributed by atoms with van der Waals surface area (Å²) in [5.41, 5.74) is 3.00. The summed E-state index contributed by atoms with van der Waals surface area (Å²) in [7, 11) is -3.04. The molecule has 208 valence electrons. The first-order valence-electron chi connectivity index (χ1n) is 13.5. The van der Waals surface area contributed by atoms with Crippen molar-refractivity contribution in [1.29, 1.82) is 5.26 Å². The SMILES string of the molecule is CS(=O)(=O)C1CN(c2ccc(-c3sc(-c4cncc(Cl)c4)nc3[C@@H]3CCCC[C@H]3C(=O)NC3(C#N)CC3)cc2)C1. The lowest BCUT2D eigenvalue weighted by Crippen LogP contribution is -2.54. The van der Waals surface area contributed by atoms with E-state index in [1.165, 1.54) is 6.26 Å². The summed E-state index contributed by atoms with van der Waals surface area (Å²) in [6.07, 6.45) is 9.63. The molecule has 0 radical (unpaired) electrons. The maximum atomic E-state index is 13.5. The number of halogens is 1. The van der Waals surface area contributed by atoms with E-state index in [9.17, 15) is 18.5 Å². The number of rotatable bonds is 7. The van der Waals surface area contributed by atoms with E-state index in [1.54, 1.807) is 23.7 Å². The van der Waals surface area contributed by atoms with Gasteiger partial charge in [-0.05, 0) is 49.4 Å². The lowest BCUT2D eigenvalue weighted by atomic mass is 9.76. The van der Waals surface area contributed by atoms with Crippen molar-refractivity contribution in [2.75, 3.05) is 24.2 Å². The van der Waals surface area contributed by atoms with Gasteiger partial charge < -0.3 is 10.2 Å². The molecule has 6 rings (SSSR count). The van der Waals surface area contributed by atoms with Crippen molar-refractivity contribution in [1.82, 2.24) is 15.3 Å². The Balaban J connectivity index is 1.34. The van der Waals surface area contributed by atoms with Gasteiger partial charge in [-0.15, -0.1) is 11.3 Å². The zero-order valence-electron chi connectivity index (χ0n) is 22.1. The number of hydrogen-bond acceptors (Lipinski definition) is 8. The van der Waals surface area contributed by atoms with Crippen LogP contribution in [0.15, 0.2) is 42.7 Å². The normalized spacial score (nSPS) is 22.3. The number of nitriles is 1. The molecule has 40 heavy (non-hydrogen) atoms. The summed E-state index contributed by atoms with van der Waals surface area (Å²) in [6.45, 7) is 0.998.